The maximum atomic E-state index is 12.1. The van der Waals surface area contributed by atoms with E-state index in [1.165, 1.54) is 6.08 Å². The van der Waals surface area contributed by atoms with E-state index in [0.717, 1.165) is 11.1 Å². The van der Waals surface area contributed by atoms with Gasteiger partial charge in [-0.05, 0) is 17.7 Å². The van der Waals surface area contributed by atoms with Crippen molar-refractivity contribution in [3.63, 3.8) is 0 Å². The maximum absolute atomic E-state index is 12.1. The maximum Gasteiger partial charge on any atom is 0.249 e. The van der Waals surface area contributed by atoms with Crippen LogP contribution in [0.25, 0.3) is 6.08 Å². The highest BCUT2D eigenvalue weighted by Gasteiger charge is 2.09. The summed E-state index contributed by atoms with van der Waals surface area (Å²) in [5, 5.41) is 12.0. The van der Waals surface area contributed by atoms with Gasteiger partial charge in [0.15, 0.2) is 0 Å². The Kier molecular flexibility index (Phi) is 5.21. The molecule has 0 fully saturated rings. The molecule has 1 aromatic carbocycles. The number of aromatic nitrogens is 4. The normalized spacial score (nSPS) is 11.2. The molecule has 25 heavy (non-hydrogen) atoms. The van der Waals surface area contributed by atoms with Gasteiger partial charge in [-0.3, -0.25) is 9.48 Å². The second-order valence-electron chi connectivity index (χ2n) is 5.36. The zero-order valence-corrected chi connectivity index (χ0v) is 14.9. The van der Waals surface area contributed by atoms with Crippen molar-refractivity contribution in [1.29, 1.82) is 0 Å². The van der Waals surface area contributed by atoms with Gasteiger partial charge >= 0.3 is 0 Å². The number of nitrogens with one attached hydrogen (secondary N) is 1. The highest BCUT2D eigenvalue weighted by molar-refractivity contribution is 6.42. The lowest BCUT2D eigenvalue weighted by Crippen LogP contribution is -2.14. The number of carbonyl (C=O) groups excluding carboxylic acids is 1. The van der Waals surface area contributed by atoms with Crippen LogP contribution in [0.1, 0.15) is 11.1 Å². The Bertz CT molecular complexity index is 929. The van der Waals surface area contributed by atoms with E-state index in [1.807, 2.05) is 25.4 Å². The molecule has 2 aromatic heterocycles. The van der Waals surface area contributed by atoms with Crippen LogP contribution in [0, 0.1) is 0 Å². The molecule has 0 bridgehead atoms. The number of halogens is 2. The van der Waals surface area contributed by atoms with Crippen molar-refractivity contribution in [1.82, 2.24) is 19.6 Å². The molecule has 1 N–H and O–H groups in total. The molecular formula is C17H15Cl2N5O. The molecule has 0 unspecified atom stereocenters. The molecule has 8 heteroatoms. The number of rotatable bonds is 5. The van der Waals surface area contributed by atoms with Crippen LogP contribution in [0.4, 0.5) is 5.82 Å². The van der Waals surface area contributed by atoms with E-state index in [-0.39, 0.29) is 5.91 Å². The molecule has 0 saturated heterocycles. The zero-order valence-electron chi connectivity index (χ0n) is 13.4. The second kappa shape index (κ2) is 7.55. The van der Waals surface area contributed by atoms with Crippen molar-refractivity contribution in [2.75, 3.05) is 5.32 Å². The van der Waals surface area contributed by atoms with Gasteiger partial charge in [0.2, 0.25) is 5.91 Å². The lowest BCUT2D eigenvalue weighted by atomic mass is 10.2. The molecule has 3 aromatic rings. The lowest BCUT2D eigenvalue weighted by molar-refractivity contribution is -0.111. The predicted octanol–water partition coefficient (Wildman–Crippen LogP) is 3.62. The molecule has 6 nitrogen and oxygen atoms in total. The molecule has 0 spiro atoms. The summed E-state index contributed by atoms with van der Waals surface area (Å²) in [5.41, 5.74) is 1.66. The average molecular weight is 376 g/mol. The van der Waals surface area contributed by atoms with Crippen LogP contribution in [0.5, 0.6) is 0 Å². The number of benzene rings is 1. The molecule has 2 heterocycles. The first-order valence-electron chi connectivity index (χ1n) is 7.45. The summed E-state index contributed by atoms with van der Waals surface area (Å²) in [6, 6.07) is 7.13. The summed E-state index contributed by atoms with van der Waals surface area (Å²) in [6.45, 7) is 0.397. The topological polar surface area (TPSA) is 64.7 Å². The van der Waals surface area contributed by atoms with Crippen molar-refractivity contribution in [2.24, 2.45) is 7.05 Å². The van der Waals surface area contributed by atoms with Gasteiger partial charge in [-0.25, -0.2) is 4.68 Å². The molecule has 0 saturated carbocycles. The summed E-state index contributed by atoms with van der Waals surface area (Å²) in [6.07, 6.45) is 8.24. The first-order valence-corrected chi connectivity index (χ1v) is 8.21. The van der Waals surface area contributed by atoms with Gasteiger partial charge in [0.25, 0.3) is 0 Å². The fraction of sp³-hybridized carbons (Fsp3) is 0.118. The molecule has 0 atom stereocenters. The molecular weight excluding hydrogens is 361 g/mol. The third-order valence-electron chi connectivity index (χ3n) is 3.47. The first kappa shape index (κ1) is 17.3. The van der Waals surface area contributed by atoms with Crippen LogP contribution in [-0.2, 0) is 18.4 Å². The molecule has 0 aliphatic heterocycles. The molecule has 1 amide bonds. The quantitative estimate of drug-likeness (QED) is 0.692. The molecule has 3 rings (SSSR count). The minimum Gasteiger partial charge on any atom is -0.307 e. The van der Waals surface area contributed by atoms with Crippen molar-refractivity contribution in [3.8, 4) is 0 Å². The summed E-state index contributed by atoms with van der Waals surface area (Å²) in [4.78, 5) is 12.1. The van der Waals surface area contributed by atoms with E-state index < -0.39 is 0 Å². The highest BCUT2D eigenvalue weighted by Crippen LogP contribution is 2.26. The number of amides is 1. The molecule has 128 valence electrons. The van der Waals surface area contributed by atoms with Crippen LogP contribution in [0.2, 0.25) is 10.0 Å². The second-order valence-corrected chi connectivity index (χ2v) is 6.14. The summed E-state index contributed by atoms with van der Waals surface area (Å²) in [5.74, 6) is 0.305. The van der Waals surface area contributed by atoms with Crippen LogP contribution in [0.15, 0.2) is 48.9 Å². The molecule has 0 radical (unpaired) electrons. The lowest BCUT2D eigenvalue weighted by Gasteiger charge is -2.10. The molecule has 0 aliphatic rings. The third kappa shape index (κ3) is 4.29. The Morgan fingerprint density at radius 3 is 2.88 bits per heavy atom. The third-order valence-corrected chi connectivity index (χ3v) is 4.33. The minimum absolute atomic E-state index is 0.261. The number of anilines is 1. The smallest absolute Gasteiger partial charge is 0.249 e. The largest absolute Gasteiger partial charge is 0.307 e. The van der Waals surface area contributed by atoms with Crippen LogP contribution in [0.3, 0.4) is 0 Å². The number of aryl methyl sites for hydroxylation is 1. The highest BCUT2D eigenvalue weighted by atomic mass is 35.5. The van der Waals surface area contributed by atoms with E-state index in [0.29, 0.717) is 22.4 Å². The Morgan fingerprint density at radius 2 is 2.12 bits per heavy atom. The Balaban J connectivity index is 1.70. The van der Waals surface area contributed by atoms with E-state index in [1.54, 1.807) is 40.0 Å². The van der Waals surface area contributed by atoms with Crippen LogP contribution >= 0.6 is 23.2 Å². The fourth-order valence-corrected chi connectivity index (χ4v) is 2.64. The predicted molar refractivity (Wildman–Crippen MR) is 98.7 cm³/mol. The summed E-state index contributed by atoms with van der Waals surface area (Å²) in [7, 11) is 1.82. The minimum atomic E-state index is -0.261. The molecule has 0 aliphatic carbocycles. The van der Waals surface area contributed by atoms with Gasteiger partial charge in [-0.1, -0.05) is 35.3 Å². The number of hydrogen-bond acceptors (Lipinski definition) is 3. The van der Waals surface area contributed by atoms with Crippen molar-refractivity contribution < 1.29 is 4.79 Å². The van der Waals surface area contributed by atoms with Crippen LogP contribution in [-0.4, -0.2) is 25.5 Å². The number of nitrogens with zero attached hydrogens (tertiary/aromatic N) is 4. The Morgan fingerprint density at radius 1 is 1.28 bits per heavy atom. The average Bonchev–Trinajstić information content (AvgIpc) is 3.19. The van der Waals surface area contributed by atoms with Gasteiger partial charge in [0.05, 0.1) is 29.0 Å². The van der Waals surface area contributed by atoms with Gasteiger partial charge in [-0.15, -0.1) is 0 Å². The van der Waals surface area contributed by atoms with Gasteiger partial charge < -0.3 is 5.32 Å². The van der Waals surface area contributed by atoms with Crippen molar-refractivity contribution in [3.05, 3.63) is 70.1 Å². The summed E-state index contributed by atoms with van der Waals surface area (Å²) >= 11 is 12.2. The standard InChI is InChI=1S/C17H15Cl2N5O/c1-23-10-12(9-21-23)5-6-16(25)22-15-7-8-20-24(15)11-13-3-2-4-14(18)17(13)19/h2-10H,11H2,1H3,(H,22,25)/b6-5+. The van der Waals surface area contributed by atoms with Crippen LogP contribution < -0.4 is 5.32 Å². The first-order chi connectivity index (χ1) is 12.0. The number of hydrogen-bond donors (Lipinski definition) is 1. The Hall–Kier alpha value is -2.57. The van der Waals surface area contributed by atoms with Crippen molar-refractivity contribution in [2.45, 2.75) is 6.54 Å². The SMILES string of the molecule is Cn1cc(/C=C/C(=O)Nc2ccnn2Cc2cccc(Cl)c2Cl)cn1. The van der Waals surface area contributed by atoms with Gasteiger partial charge in [0.1, 0.15) is 5.82 Å². The fourth-order valence-electron chi connectivity index (χ4n) is 2.26. The van der Waals surface area contributed by atoms with Crippen molar-refractivity contribution >= 4 is 41.0 Å². The zero-order chi connectivity index (χ0) is 17.8. The van der Waals surface area contributed by atoms with E-state index in [4.69, 9.17) is 23.2 Å². The summed E-state index contributed by atoms with van der Waals surface area (Å²) < 4.78 is 3.31. The number of carbonyl (C=O) groups is 1. The van der Waals surface area contributed by atoms with E-state index >= 15 is 0 Å². The van der Waals surface area contributed by atoms with Gasteiger partial charge in [0, 0.05) is 31.0 Å². The van der Waals surface area contributed by atoms with E-state index in [2.05, 4.69) is 15.5 Å². The Labute approximate surface area is 154 Å². The van der Waals surface area contributed by atoms with E-state index in [9.17, 15) is 4.79 Å². The van der Waals surface area contributed by atoms with Gasteiger partial charge in [-0.2, -0.15) is 10.2 Å². The monoisotopic (exact) mass is 375 g/mol.